The summed E-state index contributed by atoms with van der Waals surface area (Å²) in [6.07, 6.45) is 0.632. The summed E-state index contributed by atoms with van der Waals surface area (Å²) >= 11 is 0. The predicted octanol–water partition coefficient (Wildman–Crippen LogP) is 6.66. The molecule has 5 aromatic rings. The number of rotatable bonds is 9. The fourth-order valence-corrected chi connectivity index (χ4v) is 6.72. The number of fused-ring (bicyclic) bond motifs is 1. The van der Waals surface area contributed by atoms with E-state index < -0.39 is 6.09 Å². The van der Waals surface area contributed by atoms with Crippen molar-refractivity contribution in [3.8, 4) is 0 Å². The molecule has 1 aromatic heterocycles. The SMILES string of the molecule is CC(C[C@H]1CC(n2c(=O)n(C(=O)c3ccccc3)c3ccccc32)CCN1C(=O)O)N(Cc1ccccc1)Cc1ccccc1. The van der Waals surface area contributed by atoms with Gasteiger partial charge in [0.1, 0.15) is 0 Å². The molecular formula is C37H38N4O4. The van der Waals surface area contributed by atoms with E-state index in [4.69, 9.17) is 0 Å². The van der Waals surface area contributed by atoms with Crippen molar-refractivity contribution in [1.29, 1.82) is 0 Å². The maximum Gasteiger partial charge on any atom is 0.407 e. The summed E-state index contributed by atoms with van der Waals surface area (Å²) in [5, 5.41) is 10.2. The number of benzene rings is 4. The minimum absolute atomic E-state index is 0.0498. The fourth-order valence-electron chi connectivity index (χ4n) is 6.72. The van der Waals surface area contributed by atoms with Gasteiger partial charge < -0.3 is 10.0 Å². The highest BCUT2D eigenvalue weighted by molar-refractivity contribution is 6.01. The van der Waals surface area contributed by atoms with Gasteiger partial charge in [-0.05, 0) is 61.6 Å². The fraction of sp³-hybridized carbons (Fsp3) is 0.270. The third kappa shape index (κ3) is 6.47. The van der Waals surface area contributed by atoms with E-state index in [1.165, 1.54) is 20.6 Å². The minimum Gasteiger partial charge on any atom is -0.465 e. The summed E-state index contributed by atoms with van der Waals surface area (Å²) in [4.78, 5) is 44.0. The highest BCUT2D eigenvalue weighted by atomic mass is 16.4. The van der Waals surface area contributed by atoms with Crippen LogP contribution in [0.4, 0.5) is 4.79 Å². The Morgan fingerprint density at radius 1 is 0.800 bits per heavy atom. The number of para-hydroxylation sites is 2. The maximum absolute atomic E-state index is 14.0. The van der Waals surface area contributed by atoms with Crippen molar-refractivity contribution >= 4 is 23.0 Å². The van der Waals surface area contributed by atoms with Crippen LogP contribution in [0.2, 0.25) is 0 Å². The number of piperidine rings is 1. The first-order valence-electron chi connectivity index (χ1n) is 15.5. The molecule has 8 nitrogen and oxygen atoms in total. The first kappa shape index (κ1) is 30.1. The van der Waals surface area contributed by atoms with Crippen LogP contribution in [0.5, 0.6) is 0 Å². The zero-order valence-corrected chi connectivity index (χ0v) is 25.4. The number of carbonyl (C=O) groups excluding carboxylic acids is 1. The quantitative estimate of drug-likeness (QED) is 0.204. The molecule has 3 atom stereocenters. The number of nitrogens with zero attached hydrogens (tertiary/aromatic N) is 4. The van der Waals surface area contributed by atoms with Crippen molar-refractivity contribution in [3.05, 3.63) is 142 Å². The van der Waals surface area contributed by atoms with E-state index in [2.05, 4.69) is 36.1 Å². The number of imidazole rings is 1. The molecule has 0 spiro atoms. The molecule has 1 aliphatic rings. The lowest BCUT2D eigenvalue weighted by Gasteiger charge is -2.41. The van der Waals surface area contributed by atoms with E-state index in [0.29, 0.717) is 42.4 Å². The van der Waals surface area contributed by atoms with Crippen LogP contribution in [0.1, 0.15) is 53.7 Å². The van der Waals surface area contributed by atoms with Gasteiger partial charge in [-0.15, -0.1) is 0 Å². The van der Waals surface area contributed by atoms with Gasteiger partial charge in [-0.3, -0.25) is 14.3 Å². The van der Waals surface area contributed by atoms with Crippen molar-refractivity contribution in [3.63, 3.8) is 0 Å². The van der Waals surface area contributed by atoms with E-state index >= 15 is 0 Å². The molecule has 1 fully saturated rings. The molecule has 0 aliphatic carbocycles. The van der Waals surface area contributed by atoms with Crippen molar-refractivity contribution in [2.24, 2.45) is 0 Å². The van der Waals surface area contributed by atoms with E-state index in [1.54, 1.807) is 34.9 Å². The van der Waals surface area contributed by atoms with Gasteiger partial charge in [-0.2, -0.15) is 0 Å². The van der Waals surface area contributed by atoms with Crippen LogP contribution in [0.25, 0.3) is 11.0 Å². The third-order valence-electron chi connectivity index (χ3n) is 9.00. The molecule has 1 amide bonds. The molecule has 4 aromatic carbocycles. The average molecular weight is 603 g/mol. The molecule has 1 N–H and O–H groups in total. The molecule has 1 saturated heterocycles. The molecule has 8 heteroatoms. The number of likely N-dealkylation sites (tertiary alicyclic amines) is 1. The number of aromatic nitrogens is 2. The Bertz CT molecular complexity index is 1780. The predicted molar refractivity (Wildman–Crippen MR) is 175 cm³/mol. The van der Waals surface area contributed by atoms with Crippen molar-refractivity contribution in [1.82, 2.24) is 18.9 Å². The van der Waals surface area contributed by atoms with Crippen LogP contribution in [-0.4, -0.2) is 54.7 Å². The van der Waals surface area contributed by atoms with Gasteiger partial charge in [0.15, 0.2) is 0 Å². The highest BCUT2D eigenvalue weighted by Crippen LogP contribution is 2.32. The number of hydrogen-bond donors (Lipinski definition) is 1. The topological polar surface area (TPSA) is 87.8 Å². The second kappa shape index (κ2) is 13.4. The van der Waals surface area contributed by atoms with E-state index in [1.807, 2.05) is 60.7 Å². The molecule has 0 radical (unpaired) electrons. The maximum atomic E-state index is 14.0. The second-order valence-electron chi connectivity index (χ2n) is 11.9. The second-order valence-corrected chi connectivity index (χ2v) is 11.9. The Balaban J connectivity index is 1.30. The van der Waals surface area contributed by atoms with E-state index in [-0.39, 0.29) is 29.7 Å². The Hall–Kier alpha value is -4.95. The average Bonchev–Trinajstić information content (AvgIpc) is 3.36. The Morgan fingerprint density at radius 3 is 1.91 bits per heavy atom. The van der Waals surface area contributed by atoms with E-state index in [0.717, 1.165) is 13.1 Å². The van der Waals surface area contributed by atoms with Gasteiger partial charge in [0, 0.05) is 43.3 Å². The molecule has 0 saturated carbocycles. The van der Waals surface area contributed by atoms with Crippen LogP contribution in [0.3, 0.4) is 0 Å². The summed E-state index contributed by atoms with van der Waals surface area (Å²) in [5.74, 6) is -0.374. The van der Waals surface area contributed by atoms with Crippen LogP contribution in [0, 0.1) is 0 Å². The summed E-state index contributed by atoms with van der Waals surface area (Å²) in [5.41, 5.74) is 3.67. The lowest BCUT2D eigenvalue weighted by atomic mass is 9.92. The van der Waals surface area contributed by atoms with Gasteiger partial charge in [0.25, 0.3) is 5.91 Å². The molecule has 0 bridgehead atoms. The molecule has 45 heavy (non-hydrogen) atoms. The Labute approximate surface area is 262 Å². The monoisotopic (exact) mass is 602 g/mol. The number of carboxylic acid groups (broad SMARTS) is 1. The third-order valence-corrected chi connectivity index (χ3v) is 9.00. The minimum atomic E-state index is -0.947. The van der Waals surface area contributed by atoms with Crippen LogP contribution < -0.4 is 5.69 Å². The lowest BCUT2D eigenvalue weighted by Crippen LogP contribution is -2.49. The number of hydrogen-bond acceptors (Lipinski definition) is 4. The van der Waals surface area contributed by atoms with Gasteiger partial charge in [0.05, 0.1) is 11.0 Å². The Kier molecular flexibility index (Phi) is 8.93. The van der Waals surface area contributed by atoms with Crippen LogP contribution in [0.15, 0.2) is 120 Å². The summed E-state index contributed by atoms with van der Waals surface area (Å²) in [6.45, 7) is 3.93. The zero-order chi connectivity index (χ0) is 31.3. The molecule has 230 valence electrons. The first-order chi connectivity index (χ1) is 21.9. The largest absolute Gasteiger partial charge is 0.465 e. The zero-order valence-electron chi connectivity index (χ0n) is 25.4. The highest BCUT2D eigenvalue weighted by Gasteiger charge is 2.36. The van der Waals surface area contributed by atoms with Gasteiger partial charge in [0.2, 0.25) is 0 Å². The lowest BCUT2D eigenvalue weighted by molar-refractivity contribution is 0.0686. The molecule has 1 aliphatic heterocycles. The molecule has 2 heterocycles. The Morgan fingerprint density at radius 2 is 1.33 bits per heavy atom. The normalized spacial score (nSPS) is 17.4. The van der Waals surface area contributed by atoms with Crippen LogP contribution in [-0.2, 0) is 13.1 Å². The number of carbonyl (C=O) groups is 2. The van der Waals surface area contributed by atoms with E-state index in [9.17, 15) is 19.5 Å². The van der Waals surface area contributed by atoms with Crippen molar-refractivity contribution < 1.29 is 14.7 Å². The molecular weight excluding hydrogens is 564 g/mol. The number of amides is 1. The van der Waals surface area contributed by atoms with Gasteiger partial charge in [-0.1, -0.05) is 91.0 Å². The van der Waals surface area contributed by atoms with Crippen molar-refractivity contribution in [2.45, 2.75) is 57.4 Å². The summed E-state index contributed by atoms with van der Waals surface area (Å²) in [6, 6.07) is 36.3. The standard InChI is InChI=1S/C37H38N4O4/c1-27(38(25-28-13-5-2-6-14-28)26-29-15-7-3-8-16-29)23-32-24-31(21-22-39(32)37(44)45)40-33-19-11-12-20-34(33)41(36(40)43)35(42)30-17-9-4-10-18-30/h2-20,27,31-32H,21-26H2,1H3,(H,44,45)/t27?,31?,32-/m0/s1. The molecule has 6 rings (SSSR count). The van der Waals surface area contributed by atoms with Gasteiger partial charge in [-0.25, -0.2) is 14.2 Å². The summed E-state index contributed by atoms with van der Waals surface area (Å²) < 4.78 is 2.98. The molecule has 2 unspecified atom stereocenters. The first-order valence-corrected chi connectivity index (χ1v) is 15.5. The smallest absolute Gasteiger partial charge is 0.407 e. The van der Waals surface area contributed by atoms with Crippen molar-refractivity contribution in [2.75, 3.05) is 6.54 Å². The summed E-state index contributed by atoms with van der Waals surface area (Å²) in [7, 11) is 0. The van der Waals surface area contributed by atoms with Crippen LogP contribution >= 0.6 is 0 Å². The van der Waals surface area contributed by atoms with Gasteiger partial charge >= 0.3 is 11.8 Å².